The summed E-state index contributed by atoms with van der Waals surface area (Å²) in [6.07, 6.45) is 5.06. The lowest BCUT2D eigenvalue weighted by molar-refractivity contribution is 0.223. The van der Waals surface area contributed by atoms with Crippen LogP contribution >= 0.6 is 0 Å². The Balaban J connectivity index is 1.94. The lowest BCUT2D eigenvalue weighted by Gasteiger charge is -2.08. The first kappa shape index (κ1) is 7.61. The minimum Gasteiger partial charge on any atom is -0.486 e. The van der Waals surface area contributed by atoms with Gasteiger partial charge in [0.25, 0.3) is 0 Å². The number of nitrogens with one attached hydrogen (secondary N) is 1. The maximum atomic E-state index is 5.65. The molecule has 1 saturated heterocycles. The Bertz CT molecular complexity index is 253. The van der Waals surface area contributed by atoms with Crippen molar-refractivity contribution in [3.63, 3.8) is 0 Å². The quantitative estimate of drug-likeness (QED) is 0.682. The zero-order valence-corrected chi connectivity index (χ0v) is 7.16. The molecule has 4 heteroatoms. The first-order chi connectivity index (χ1) is 5.84. The van der Waals surface area contributed by atoms with Crippen molar-refractivity contribution in [1.29, 1.82) is 0 Å². The number of ether oxygens (including phenoxy) is 1. The van der Waals surface area contributed by atoms with Gasteiger partial charge in [0.15, 0.2) is 5.75 Å². The highest BCUT2D eigenvalue weighted by atomic mass is 16.5. The van der Waals surface area contributed by atoms with Crippen LogP contribution in [0.25, 0.3) is 0 Å². The van der Waals surface area contributed by atoms with Crippen molar-refractivity contribution in [2.45, 2.75) is 12.5 Å². The standard InChI is InChI=1S/C8H13N3O/c1-11-6-8(5-10-11)12-7-2-3-9-4-7/h5-7,9H,2-4H2,1H3/t7-/m1/s1. The molecule has 0 aromatic carbocycles. The molecule has 66 valence electrons. The summed E-state index contributed by atoms with van der Waals surface area (Å²) < 4.78 is 7.40. The van der Waals surface area contributed by atoms with Crippen LogP contribution in [0.4, 0.5) is 0 Å². The van der Waals surface area contributed by atoms with E-state index in [9.17, 15) is 0 Å². The molecule has 0 aliphatic carbocycles. The normalized spacial score (nSPS) is 22.9. The average molecular weight is 167 g/mol. The van der Waals surface area contributed by atoms with Crippen molar-refractivity contribution in [3.8, 4) is 5.75 Å². The van der Waals surface area contributed by atoms with Gasteiger partial charge in [0.05, 0.1) is 12.4 Å². The summed E-state index contributed by atoms with van der Waals surface area (Å²) in [5, 5.41) is 7.28. The third kappa shape index (κ3) is 1.58. The molecule has 2 rings (SSSR count). The van der Waals surface area contributed by atoms with Gasteiger partial charge in [0, 0.05) is 13.6 Å². The van der Waals surface area contributed by atoms with Gasteiger partial charge in [-0.2, -0.15) is 5.10 Å². The summed E-state index contributed by atoms with van der Waals surface area (Å²) >= 11 is 0. The molecule has 12 heavy (non-hydrogen) atoms. The summed E-state index contributed by atoms with van der Waals surface area (Å²) in [7, 11) is 1.89. The lowest BCUT2D eigenvalue weighted by Crippen LogP contribution is -2.19. The van der Waals surface area contributed by atoms with Crippen molar-refractivity contribution >= 4 is 0 Å². The topological polar surface area (TPSA) is 39.1 Å². The largest absolute Gasteiger partial charge is 0.486 e. The first-order valence-corrected chi connectivity index (χ1v) is 4.20. The van der Waals surface area contributed by atoms with Crippen LogP contribution in [0, 0.1) is 0 Å². The molecular formula is C8H13N3O. The molecule has 1 N–H and O–H groups in total. The van der Waals surface area contributed by atoms with Crippen LogP contribution in [-0.2, 0) is 7.05 Å². The molecule has 1 aromatic rings. The molecule has 1 aromatic heterocycles. The van der Waals surface area contributed by atoms with E-state index >= 15 is 0 Å². The molecule has 1 aliphatic rings. The number of nitrogens with zero attached hydrogens (tertiary/aromatic N) is 2. The zero-order chi connectivity index (χ0) is 8.39. The molecule has 1 atom stereocenters. The third-order valence-corrected chi connectivity index (χ3v) is 2.00. The summed E-state index contributed by atoms with van der Waals surface area (Å²) in [5.74, 6) is 0.867. The number of rotatable bonds is 2. The molecule has 1 fully saturated rings. The van der Waals surface area contributed by atoms with Gasteiger partial charge in [0.1, 0.15) is 6.10 Å². The van der Waals surface area contributed by atoms with E-state index in [0.717, 1.165) is 25.3 Å². The van der Waals surface area contributed by atoms with Crippen LogP contribution in [-0.4, -0.2) is 29.0 Å². The minimum absolute atomic E-state index is 0.328. The molecule has 0 amide bonds. The third-order valence-electron chi connectivity index (χ3n) is 2.00. The second-order valence-corrected chi connectivity index (χ2v) is 3.08. The number of aromatic nitrogens is 2. The fourth-order valence-corrected chi connectivity index (χ4v) is 1.38. The van der Waals surface area contributed by atoms with Gasteiger partial charge < -0.3 is 10.1 Å². The maximum absolute atomic E-state index is 5.65. The van der Waals surface area contributed by atoms with Crippen LogP contribution in [0.5, 0.6) is 5.75 Å². The molecule has 0 bridgehead atoms. The van der Waals surface area contributed by atoms with Crippen LogP contribution < -0.4 is 10.1 Å². The summed E-state index contributed by atoms with van der Waals surface area (Å²) in [6, 6.07) is 0. The van der Waals surface area contributed by atoms with Crippen molar-refractivity contribution in [1.82, 2.24) is 15.1 Å². The number of aryl methyl sites for hydroxylation is 1. The van der Waals surface area contributed by atoms with Gasteiger partial charge in [-0.05, 0) is 13.0 Å². The highest BCUT2D eigenvalue weighted by molar-refractivity contribution is 5.12. The number of hydrogen-bond acceptors (Lipinski definition) is 3. The van der Waals surface area contributed by atoms with Crippen LogP contribution in [0.2, 0.25) is 0 Å². The second kappa shape index (κ2) is 3.15. The van der Waals surface area contributed by atoms with E-state index in [2.05, 4.69) is 10.4 Å². The molecule has 0 saturated carbocycles. The van der Waals surface area contributed by atoms with Crippen LogP contribution in [0.3, 0.4) is 0 Å². The van der Waals surface area contributed by atoms with Gasteiger partial charge >= 0.3 is 0 Å². The van der Waals surface area contributed by atoms with E-state index in [1.807, 2.05) is 13.2 Å². The van der Waals surface area contributed by atoms with E-state index in [4.69, 9.17) is 4.74 Å². The predicted octanol–water partition coefficient (Wildman–Crippen LogP) is 0.161. The van der Waals surface area contributed by atoms with Gasteiger partial charge in [-0.1, -0.05) is 0 Å². The Kier molecular flexibility index (Phi) is 1.99. The molecule has 0 unspecified atom stereocenters. The Morgan fingerprint density at radius 2 is 2.67 bits per heavy atom. The Hall–Kier alpha value is -1.03. The fourth-order valence-electron chi connectivity index (χ4n) is 1.38. The molecule has 0 spiro atoms. The first-order valence-electron chi connectivity index (χ1n) is 4.20. The number of hydrogen-bond donors (Lipinski definition) is 1. The van der Waals surface area contributed by atoms with Crippen LogP contribution in [0.15, 0.2) is 12.4 Å². The van der Waals surface area contributed by atoms with Crippen molar-refractivity contribution in [3.05, 3.63) is 12.4 Å². The molecular weight excluding hydrogens is 154 g/mol. The zero-order valence-electron chi connectivity index (χ0n) is 7.16. The van der Waals surface area contributed by atoms with Crippen molar-refractivity contribution in [2.75, 3.05) is 13.1 Å². The fraction of sp³-hybridized carbons (Fsp3) is 0.625. The molecule has 0 radical (unpaired) electrons. The predicted molar refractivity (Wildman–Crippen MR) is 45.1 cm³/mol. The smallest absolute Gasteiger partial charge is 0.157 e. The molecule has 1 aliphatic heterocycles. The van der Waals surface area contributed by atoms with E-state index in [1.165, 1.54) is 0 Å². The molecule has 4 nitrogen and oxygen atoms in total. The van der Waals surface area contributed by atoms with E-state index in [0.29, 0.717) is 6.10 Å². The Morgan fingerprint density at radius 3 is 3.25 bits per heavy atom. The average Bonchev–Trinajstić information content (AvgIpc) is 2.63. The van der Waals surface area contributed by atoms with E-state index < -0.39 is 0 Å². The van der Waals surface area contributed by atoms with Gasteiger partial charge in [0.2, 0.25) is 0 Å². The summed E-state index contributed by atoms with van der Waals surface area (Å²) in [5.41, 5.74) is 0. The summed E-state index contributed by atoms with van der Waals surface area (Å²) in [6.45, 7) is 2.01. The Morgan fingerprint density at radius 1 is 1.75 bits per heavy atom. The highest BCUT2D eigenvalue weighted by Crippen LogP contribution is 2.12. The highest BCUT2D eigenvalue weighted by Gasteiger charge is 2.15. The SMILES string of the molecule is Cn1cc(O[C@@H]2CCNC2)cn1. The lowest BCUT2D eigenvalue weighted by atomic mass is 10.3. The molecule has 2 heterocycles. The monoisotopic (exact) mass is 167 g/mol. The second-order valence-electron chi connectivity index (χ2n) is 3.08. The van der Waals surface area contributed by atoms with Crippen molar-refractivity contribution in [2.24, 2.45) is 7.05 Å². The minimum atomic E-state index is 0.328. The Labute approximate surface area is 71.5 Å². The van der Waals surface area contributed by atoms with Gasteiger partial charge in [-0.3, -0.25) is 4.68 Å². The van der Waals surface area contributed by atoms with E-state index in [-0.39, 0.29) is 0 Å². The van der Waals surface area contributed by atoms with Gasteiger partial charge in [-0.25, -0.2) is 0 Å². The summed E-state index contributed by atoms with van der Waals surface area (Å²) in [4.78, 5) is 0. The van der Waals surface area contributed by atoms with E-state index in [1.54, 1.807) is 10.9 Å². The van der Waals surface area contributed by atoms with Crippen LogP contribution in [0.1, 0.15) is 6.42 Å². The maximum Gasteiger partial charge on any atom is 0.157 e. The van der Waals surface area contributed by atoms with Crippen molar-refractivity contribution < 1.29 is 4.74 Å². The van der Waals surface area contributed by atoms with Gasteiger partial charge in [-0.15, -0.1) is 0 Å².